The highest BCUT2D eigenvalue weighted by Crippen LogP contribution is 2.21. The number of allylic oxidation sites excluding steroid dienone is 1. The van der Waals surface area contributed by atoms with Gasteiger partial charge in [-0.1, -0.05) is 6.08 Å². The largest absolute Gasteiger partial charge is 0.398 e. The number of rotatable bonds is 1. The average molecular weight is 180 g/mol. The highest BCUT2D eigenvalue weighted by Gasteiger charge is 2.22. The van der Waals surface area contributed by atoms with Crippen LogP contribution >= 0.6 is 0 Å². The van der Waals surface area contributed by atoms with Gasteiger partial charge in [0, 0.05) is 31.2 Å². The molecule has 3 heteroatoms. The Balaban J connectivity index is 1.91. The Morgan fingerprint density at radius 1 is 1.38 bits per heavy atom. The van der Waals surface area contributed by atoms with Crippen LogP contribution in [0, 0.1) is 5.92 Å². The van der Waals surface area contributed by atoms with E-state index < -0.39 is 0 Å². The molecule has 1 unspecified atom stereocenters. The minimum absolute atomic E-state index is 0.455. The van der Waals surface area contributed by atoms with Crippen molar-refractivity contribution >= 4 is 0 Å². The molecule has 0 aromatic rings. The molecule has 3 nitrogen and oxygen atoms in total. The Hall–Kier alpha value is -0.960. The summed E-state index contributed by atoms with van der Waals surface area (Å²) in [6, 6.07) is 0.455. The summed E-state index contributed by atoms with van der Waals surface area (Å²) >= 11 is 0. The Bertz CT molecular complexity index is 229. The lowest BCUT2D eigenvalue weighted by atomic mass is 9.90. The van der Waals surface area contributed by atoms with Gasteiger partial charge in [-0.25, -0.2) is 0 Å². The molecule has 0 saturated carbocycles. The molecule has 2 aliphatic heterocycles. The molecule has 2 aliphatic rings. The Morgan fingerprint density at radius 2 is 2.15 bits per heavy atom. The molecular weight excluding hydrogens is 164 g/mol. The van der Waals surface area contributed by atoms with Crippen molar-refractivity contribution in [3.05, 3.63) is 24.0 Å². The van der Waals surface area contributed by atoms with E-state index in [1.165, 1.54) is 0 Å². The minimum Gasteiger partial charge on any atom is -0.398 e. The molecule has 1 atom stereocenters. The van der Waals surface area contributed by atoms with E-state index in [4.69, 9.17) is 10.5 Å². The topological polar surface area (TPSA) is 47.3 Å². The first kappa shape index (κ1) is 8.63. The lowest BCUT2D eigenvalue weighted by molar-refractivity contribution is 0.0603. The van der Waals surface area contributed by atoms with Crippen molar-refractivity contribution in [1.29, 1.82) is 0 Å². The molecule has 1 fully saturated rings. The predicted molar refractivity (Wildman–Crippen MR) is 51.9 cm³/mol. The van der Waals surface area contributed by atoms with Crippen molar-refractivity contribution in [2.24, 2.45) is 11.7 Å². The molecule has 0 aromatic heterocycles. The molecule has 3 N–H and O–H groups in total. The van der Waals surface area contributed by atoms with Crippen LogP contribution in [0.5, 0.6) is 0 Å². The van der Waals surface area contributed by atoms with E-state index in [1.807, 2.05) is 12.3 Å². The van der Waals surface area contributed by atoms with E-state index in [-0.39, 0.29) is 0 Å². The number of hydrogen-bond donors (Lipinski definition) is 2. The van der Waals surface area contributed by atoms with Crippen LogP contribution in [0.1, 0.15) is 12.8 Å². The second-order valence-electron chi connectivity index (χ2n) is 3.65. The lowest BCUT2D eigenvalue weighted by Crippen LogP contribution is -2.36. The smallest absolute Gasteiger partial charge is 0.0473 e. The molecule has 0 aliphatic carbocycles. The highest BCUT2D eigenvalue weighted by atomic mass is 16.5. The van der Waals surface area contributed by atoms with Crippen molar-refractivity contribution in [1.82, 2.24) is 5.32 Å². The zero-order valence-corrected chi connectivity index (χ0v) is 7.70. The van der Waals surface area contributed by atoms with E-state index in [0.29, 0.717) is 12.0 Å². The van der Waals surface area contributed by atoms with Crippen LogP contribution in [0.4, 0.5) is 0 Å². The van der Waals surface area contributed by atoms with E-state index in [2.05, 4.69) is 11.4 Å². The van der Waals surface area contributed by atoms with Crippen LogP contribution in [0.25, 0.3) is 0 Å². The van der Waals surface area contributed by atoms with Crippen molar-refractivity contribution in [2.75, 3.05) is 13.2 Å². The average Bonchev–Trinajstić information content (AvgIpc) is 2.20. The second-order valence-corrected chi connectivity index (χ2v) is 3.65. The number of nitrogens with one attached hydrogen (secondary N) is 1. The summed E-state index contributed by atoms with van der Waals surface area (Å²) in [7, 11) is 0. The van der Waals surface area contributed by atoms with Crippen molar-refractivity contribution < 1.29 is 4.74 Å². The maximum absolute atomic E-state index is 5.61. The number of hydrogen-bond acceptors (Lipinski definition) is 3. The standard InChI is InChI=1S/C10H16N2O/c11-9-1-2-10(12-7-9)8-3-5-13-6-4-8/h1-2,7-8,10,12H,3-6,11H2. The second kappa shape index (κ2) is 3.83. The fraction of sp³-hybridized carbons (Fsp3) is 0.600. The third-order valence-electron chi connectivity index (χ3n) is 2.71. The summed E-state index contributed by atoms with van der Waals surface area (Å²) in [5.41, 5.74) is 6.42. The molecule has 13 heavy (non-hydrogen) atoms. The van der Waals surface area contributed by atoms with Gasteiger partial charge >= 0.3 is 0 Å². The van der Waals surface area contributed by atoms with Gasteiger partial charge < -0.3 is 15.8 Å². The molecule has 1 saturated heterocycles. The maximum atomic E-state index is 5.61. The van der Waals surface area contributed by atoms with Crippen LogP contribution in [-0.2, 0) is 4.74 Å². The van der Waals surface area contributed by atoms with Gasteiger partial charge in [0.25, 0.3) is 0 Å². The van der Waals surface area contributed by atoms with Crippen molar-refractivity contribution in [2.45, 2.75) is 18.9 Å². The monoisotopic (exact) mass is 180 g/mol. The fourth-order valence-electron chi connectivity index (χ4n) is 1.88. The number of nitrogens with two attached hydrogens (primary N) is 1. The normalized spacial score (nSPS) is 29.5. The molecule has 0 aromatic carbocycles. The molecule has 0 amide bonds. The van der Waals surface area contributed by atoms with E-state index in [9.17, 15) is 0 Å². The number of dihydropyridines is 1. The SMILES string of the molecule is NC1=CNC(C2CCOCC2)C=C1. The predicted octanol–water partition coefficient (Wildman–Crippen LogP) is 0.741. The molecule has 0 spiro atoms. The van der Waals surface area contributed by atoms with Gasteiger partial charge in [0.05, 0.1) is 0 Å². The molecule has 0 bridgehead atoms. The Morgan fingerprint density at radius 3 is 2.77 bits per heavy atom. The zero-order chi connectivity index (χ0) is 9.10. The Labute approximate surface area is 78.6 Å². The minimum atomic E-state index is 0.455. The van der Waals surface area contributed by atoms with Gasteiger partial charge in [0.15, 0.2) is 0 Å². The van der Waals surface area contributed by atoms with Gasteiger partial charge in [-0.05, 0) is 24.8 Å². The summed E-state index contributed by atoms with van der Waals surface area (Å²) in [4.78, 5) is 0. The first-order chi connectivity index (χ1) is 6.36. The van der Waals surface area contributed by atoms with E-state index >= 15 is 0 Å². The first-order valence-electron chi connectivity index (χ1n) is 4.84. The summed E-state index contributed by atoms with van der Waals surface area (Å²) in [6.07, 6.45) is 8.33. The molecule has 0 radical (unpaired) electrons. The Kier molecular flexibility index (Phi) is 2.54. The highest BCUT2D eigenvalue weighted by molar-refractivity contribution is 5.21. The summed E-state index contributed by atoms with van der Waals surface area (Å²) in [5.74, 6) is 0.703. The molecular formula is C10H16N2O. The zero-order valence-electron chi connectivity index (χ0n) is 7.70. The summed E-state index contributed by atoms with van der Waals surface area (Å²) in [6.45, 7) is 1.80. The van der Waals surface area contributed by atoms with E-state index in [0.717, 1.165) is 31.8 Å². The van der Waals surface area contributed by atoms with Crippen LogP contribution in [0.3, 0.4) is 0 Å². The van der Waals surface area contributed by atoms with Gasteiger partial charge in [0.1, 0.15) is 0 Å². The summed E-state index contributed by atoms with van der Waals surface area (Å²) in [5, 5.41) is 3.31. The van der Waals surface area contributed by atoms with Crippen molar-refractivity contribution in [3.8, 4) is 0 Å². The van der Waals surface area contributed by atoms with Gasteiger partial charge in [-0.3, -0.25) is 0 Å². The van der Waals surface area contributed by atoms with Gasteiger partial charge in [0.2, 0.25) is 0 Å². The third kappa shape index (κ3) is 2.04. The van der Waals surface area contributed by atoms with Crippen LogP contribution in [0.15, 0.2) is 24.0 Å². The lowest BCUT2D eigenvalue weighted by Gasteiger charge is -2.30. The van der Waals surface area contributed by atoms with Gasteiger partial charge in [-0.2, -0.15) is 0 Å². The van der Waals surface area contributed by atoms with Crippen LogP contribution < -0.4 is 11.1 Å². The van der Waals surface area contributed by atoms with Crippen molar-refractivity contribution in [3.63, 3.8) is 0 Å². The molecule has 2 rings (SSSR count). The summed E-state index contributed by atoms with van der Waals surface area (Å²) < 4.78 is 5.32. The maximum Gasteiger partial charge on any atom is 0.0473 e. The molecule has 2 heterocycles. The van der Waals surface area contributed by atoms with Crippen LogP contribution in [0.2, 0.25) is 0 Å². The van der Waals surface area contributed by atoms with Gasteiger partial charge in [-0.15, -0.1) is 0 Å². The quantitative estimate of drug-likeness (QED) is 0.625. The van der Waals surface area contributed by atoms with Crippen LogP contribution in [-0.4, -0.2) is 19.3 Å². The fourth-order valence-corrected chi connectivity index (χ4v) is 1.88. The third-order valence-corrected chi connectivity index (χ3v) is 2.71. The first-order valence-corrected chi connectivity index (χ1v) is 4.84. The number of ether oxygens (including phenoxy) is 1. The van der Waals surface area contributed by atoms with E-state index in [1.54, 1.807) is 0 Å². The molecule has 72 valence electrons.